The van der Waals surface area contributed by atoms with Gasteiger partial charge in [-0.05, 0) is 17.9 Å². The number of ether oxygens (including phenoxy) is 1. The van der Waals surface area contributed by atoms with Crippen molar-refractivity contribution in [3.8, 4) is 0 Å². The Morgan fingerprint density at radius 3 is 2.36 bits per heavy atom. The number of rotatable bonds is 9. The van der Waals surface area contributed by atoms with Crippen LogP contribution in [0.5, 0.6) is 0 Å². The number of benzene rings is 1. The van der Waals surface area contributed by atoms with Gasteiger partial charge in [-0.15, -0.1) is 6.58 Å². The number of amides is 3. The van der Waals surface area contributed by atoms with Crippen molar-refractivity contribution in [3.63, 3.8) is 0 Å². The van der Waals surface area contributed by atoms with Crippen LogP contribution in [0.25, 0.3) is 0 Å². The van der Waals surface area contributed by atoms with Gasteiger partial charge in [-0.1, -0.05) is 50.3 Å². The van der Waals surface area contributed by atoms with Gasteiger partial charge in [0.25, 0.3) is 0 Å². The predicted molar refractivity (Wildman–Crippen MR) is 94.3 cm³/mol. The summed E-state index contributed by atoms with van der Waals surface area (Å²) in [5, 5.41) is 5.04. The van der Waals surface area contributed by atoms with E-state index < -0.39 is 30.0 Å². The Morgan fingerprint density at radius 2 is 1.84 bits per heavy atom. The highest BCUT2D eigenvalue weighted by atomic mass is 16.5. The van der Waals surface area contributed by atoms with Crippen LogP contribution in [-0.4, -0.2) is 30.0 Å². The van der Waals surface area contributed by atoms with E-state index in [4.69, 9.17) is 10.5 Å². The summed E-state index contributed by atoms with van der Waals surface area (Å²) in [5.41, 5.74) is 6.08. The van der Waals surface area contributed by atoms with E-state index in [9.17, 15) is 14.4 Å². The second-order valence-electron chi connectivity index (χ2n) is 5.92. The molecule has 25 heavy (non-hydrogen) atoms. The first kappa shape index (κ1) is 20.2. The van der Waals surface area contributed by atoms with Gasteiger partial charge < -0.3 is 21.1 Å². The van der Waals surface area contributed by atoms with Gasteiger partial charge in [-0.25, -0.2) is 4.79 Å². The standard InChI is InChI=1S/C18H25N3O4/c1-4-8-14(16(19)22)20-17(23)15(12(2)3)21-18(24)25-11-13-9-6-5-7-10-13/h4-7,9-10,12,14-15H,1,8,11H2,2-3H3,(H2,19,22)(H,20,23)(H,21,24)/t14-,15+/m0/s1. The third-order valence-corrected chi connectivity index (χ3v) is 3.50. The van der Waals surface area contributed by atoms with Gasteiger partial charge in [0, 0.05) is 0 Å². The molecule has 0 spiro atoms. The van der Waals surface area contributed by atoms with E-state index in [0.29, 0.717) is 0 Å². The fourth-order valence-corrected chi connectivity index (χ4v) is 2.10. The quantitative estimate of drug-likeness (QED) is 0.588. The molecule has 0 unspecified atom stereocenters. The molecule has 1 rings (SSSR count). The molecule has 3 amide bonds. The highest BCUT2D eigenvalue weighted by Gasteiger charge is 2.27. The fraction of sp³-hybridized carbons (Fsp3) is 0.389. The molecule has 1 aromatic rings. The van der Waals surface area contributed by atoms with Crippen molar-refractivity contribution in [2.24, 2.45) is 11.7 Å². The van der Waals surface area contributed by atoms with E-state index >= 15 is 0 Å². The summed E-state index contributed by atoms with van der Waals surface area (Å²) in [6, 6.07) is 7.47. The summed E-state index contributed by atoms with van der Waals surface area (Å²) >= 11 is 0. The Labute approximate surface area is 147 Å². The SMILES string of the molecule is C=CC[C@H](NC(=O)[C@H](NC(=O)OCc1ccccc1)C(C)C)C(N)=O. The summed E-state index contributed by atoms with van der Waals surface area (Å²) in [7, 11) is 0. The summed E-state index contributed by atoms with van der Waals surface area (Å²) < 4.78 is 5.12. The smallest absolute Gasteiger partial charge is 0.408 e. The van der Waals surface area contributed by atoms with Crippen molar-refractivity contribution in [1.29, 1.82) is 0 Å². The van der Waals surface area contributed by atoms with Crippen molar-refractivity contribution in [2.45, 2.75) is 39.0 Å². The molecule has 7 nitrogen and oxygen atoms in total. The van der Waals surface area contributed by atoms with E-state index in [1.807, 2.05) is 30.3 Å². The van der Waals surface area contributed by atoms with Crippen molar-refractivity contribution < 1.29 is 19.1 Å². The molecule has 4 N–H and O–H groups in total. The molecule has 0 aliphatic rings. The summed E-state index contributed by atoms with van der Waals surface area (Å²) in [6.07, 6.45) is 0.989. The number of primary amides is 1. The first-order valence-corrected chi connectivity index (χ1v) is 8.03. The van der Waals surface area contributed by atoms with E-state index in [-0.39, 0.29) is 18.9 Å². The largest absolute Gasteiger partial charge is 0.445 e. The Hall–Kier alpha value is -2.83. The molecular weight excluding hydrogens is 322 g/mol. The van der Waals surface area contributed by atoms with E-state index in [2.05, 4.69) is 17.2 Å². The van der Waals surface area contributed by atoms with Crippen LogP contribution in [0.3, 0.4) is 0 Å². The molecule has 0 heterocycles. The molecule has 136 valence electrons. The average Bonchev–Trinajstić information content (AvgIpc) is 2.57. The second-order valence-corrected chi connectivity index (χ2v) is 5.92. The first-order chi connectivity index (χ1) is 11.8. The Balaban J connectivity index is 2.62. The molecule has 7 heteroatoms. The molecule has 0 bridgehead atoms. The lowest BCUT2D eigenvalue weighted by Gasteiger charge is -2.23. The minimum absolute atomic E-state index is 0.0967. The van der Waals surface area contributed by atoms with Crippen LogP contribution >= 0.6 is 0 Å². The lowest BCUT2D eigenvalue weighted by molar-refractivity contribution is -0.129. The zero-order valence-electron chi connectivity index (χ0n) is 14.5. The van der Waals surface area contributed by atoms with E-state index in [1.54, 1.807) is 13.8 Å². The number of hydrogen-bond donors (Lipinski definition) is 3. The highest BCUT2D eigenvalue weighted by molar-refractivity contribution is 5.90. The summed E-state index contributed by atoms with van der Waals surface area (Å²) in [4.78, 5) is 35.7. The molecule has 0 radical (unpaired) electrons. The number of carbonyl (C=O) groups excluding carboxylic acids is 3. The minimum atomic E-state index is -0.867. The molecule has 2 atom stereocenters. The van der Waals surface area contributed by atoms with Crippen LogP contribution in [0.4, 0.5) is 4.79 Å². The van der Waals surface area contributed by atoms with Crippen LogP contribution < -0.4 is 16.4 Å². The number of nitrogens with one attached hydrogen (secondary N) is 2. The van der Waals surface area contributed by atoms with Crippen LogP contribution in [0.1, 0.15) is 25.8 Å². The van der Waals surface area contributed by atoms with Crippen LogP contribution in [0, 0.1) is 5.92 Å². The highest BCUT2D eigenvalue weighted by Crippen LogP contribution is 2.06. The normalized spacial score (nSPS) is 12.8. The Kier molecular flexibility index (Phi) is 8.18. The predicted octanol–water partition coefficient (Wildman–Crippen LogP) is 1.48. The van der Waals surface area contributed by atoms with Gasteiger partial charge in [0.05, 0.1) is 0 Å². The first-order valence-electron chi connectivity index (χ1n) is 8.03. The van der Waals surface area contributed by atoms with Crippen LogP contribution in [0.15, 0.2) is 43.0 Å². The van der Waals surface area contributed by atoms with Crippen LogP contribution in [0.2, 0.25) is 0 Å². The molecule has 0 aromatic heterocycles. The molecule has 0 saturated carbocycles. The van der Waals surface area contributed by atoms with Gasteiger partial charge in [0.15, 0.2) is 0 Å². The molecule has 0 aliphatic carbocycles. The second kappa shape index (κ2) is 10.1. The van der Waals surface area contributed by atoms with Crippen LogP contribution in [-0.2, 0) is 20.9 Å². The Bertz CT molecular complexity index is 602. The van der Waals surface area contributed by atoms with Gasteiger partial charge in [-0.3, -0.25) is 9.59 Å². The number of hydrogen-bond acceptors (Lipinski definition) is 4. The Morgan fingerprint density at radius 1 is 1.20 bits per heavy atom. The maximum Gasteiger partial charge on any atom is 0.408 e. The lowest BCUT2D eigenvalue weighted by Crippen LogP contribution is -2.54. The molecule has 1 aromatic carbocycles. The average molecular weight is 347 g/mol. The van der Waals surface area contributed by atoms with Gasteiger partial charge in [-0.2, -0.15) is 0 Å². The molecule has 0 fully saturated rings. The fourth-order valence-electron chi connectivity index (χ4n) is 2.10. The third kappa shape index (κ3) is 7.07. The lowest BCUT2D eigenvalue weighted by atomic mass is 10.0. The number of alkyl carbamates (subject to hydrolysis) is 1. The van der Waals surface area contributed by atoms with Gasteiger partial charge in [0.1, 0.15) is 18.7 Å². The molecule has 0 saturated heterocycles. The zero-order valence-corrected chi connectivity index (χ0v) is 14.5. The minimum Gasteiger partial charge on any atom is -0.445 e. The van der Waals surface area contributed by atoms with E-state index in [1.165, 1.54) is 6.08 Å². The van der Waals surface area contributed by atoms with Gasteiger partial charge in [0.2, 0.25) is 11.8 Å². The monoisotopic (exact) mass is 347 g/mol. The molecule has 0 aliphatic heterocycles. The van der Waals surface area contributed by atoms with Crippen molar-refractivity contribution >= 4 is 17.9 Å². The number of nitrogens with two attached hydrogens (primary N) is 1. The zero-order chi connectivity index (χ0) is 18.8. The maximum absolute atomic E-state index is 12.4. The van der Waals surface area contributed by atoms with Crippen molar-refractivity contribution in [2.75, 3.05) is 0 Å². The number of carbonyl (C=O) groups is 3. The third-order valence-electron chi connectivity index (χ3n) is 3.50. The summed E-state index contributed by atoms with van der Waals surface area (Å²) in [5.74, 6) is -1.37. The molecular formula is C18H25N3O4. The van der Waals surface area contributed by atoms with Gasteiger partial charge >= 0.3 is 6.09 Å². The van der Waals surface area contributed by atoms with Crippen molar-refractivity contribution in [3.05, 3.63) is 48.6 Å². The topological polar surface area (TPSA) is 111 Å². The van der Waals surface area contributed by atoms with E-state index in [0.717, 1.165) is 5.56 Å². The van der Waals surface area contributed by atoms with Crippen molar-refractivity contribution in [1.82, 2.24) is 10.6 Å². The summed E-state index contributed by atoms with van der Waals surface area (Å²) in [6.45, 7) is 7.16. The maximum atomic E-state index is 12.4.